The molecule has 0 bridgehead atoms. The molecule has 6 nitrogen and oxygen atoms in total. The zero-order valence-electron chi connectivity index (χ0n) is 18.4. The number of ether oxygens (including phenoxy) is 2. The number of aryl methyl sites for hydroxylation is 2. The van der Waals surface area contributed by atoms with Crippen LogP contribution in [-0.2, 0) is 16.1 Å². The van der Waals surface area contributed by atoms with Crippen LogP contribution in [0.2, 0.25) is 0 Å². The van der Waals surface area contributed by atoms with Gasteiger partial charge in [-0.05, 0) is 68.7 Å². The number of unbranched alkanes of at least 4 members (excludes halogenated alkanes) is 1. The van der Waals surface area contributed by atoms with Crippen molar-refractivity contribution < 1.29 is 19.1 Å². The highest BCUT2D eigenvalue weighted by molar-refractivity contribution is 7.16. The Bertz CT molecular complexity index is 1140. The molecule has 3 rings (SSSR count). The number of amides is 1. The number of rotatable bonds is 8. The predicted molar refractivity (Wildman–Crippen MR) is 123 cm³/mol. The van der Waals surface area contributed by atoms with E-state index >= 15 is 0 Å². The van der Waals surface area contributed by atoms with Gasteiger partial charge in [0.15, 0.2) is 4.80 Å². The number of esters is 1. The third-order valence-corrected chi connectivity index (χ3v) is 6.00. The van der Waals surface area contributed by atoms with Crippen LogP contribution in [0.15, 0.2) is 41.4 Å². The van der Waals surface area contributed by atoms with Crippen LogP contribution >= 0.6 is 11.3 Å². The first-order valence-corrected chi connectivity index (χ1v) is 11.3. The van der Waals surface area contributed by atoms with Gasteiger partial charge in [-0.15, -0.1) is 0 Å². The van der Waals surface area contributed by atoms with Gasteiger partial charge in [0.2, 0.25) is 0 Å². The lowest BCUT2D eigenvalue weighted by Gasteiger charge is -2.07. The van der Waals surface area contributed by atoms with Crippen molar-refractivity contribution in [2.24, 2.45) is 4.99 Å². The van der Waals surface area contributed by atoms with Crippen molar-refractivity contribution >= 4 is 33.4 Å². The second-order valence-corrected chi connectivity index (χ2v) is 8.33. The third kappa shape index (κ3) is 5.61. The molecule has 0 aliphatic carbocycles. The summed E-state index contributed by atoms with van der Waals surface area (Å²) in [6, 6.07) is 11.1. The molecule has 0 unspecified atom stereocenters. The fourth-order valence-electron chi connectivity index (χ4n) is 3.27. The first kappa shape index (κ1) is 22.7. The number of hydrogen-bond acceptors (Lipinski definition) is 5. The van der Waals surface area contributed by atoms with Crippen molar-refractivity contribution in [1.82, 2.24) is 4.57 Å². The number of carbonyl (C=O) groups is 2. The highest BCUT2D eigenvalue weighted by Gasteiger charge is 2.14. The number of benzene rings is 2. The van der Waals surface area contributed by atoms with Crippen molar-refractivity contribution in [3.05, 3.63) is 57.9 Å². The Balaban J connectivity index is 1.97. The van der Waals surface area contributed by atoms with Crippen molar-refractivity contribution in [3.8, 4) is 5.75 Å². The Hall–Kier alpha value is -2.93. The van der Waals surface area contributed by atoms with Crippen molar-refractivity contribution in [2.75, 3.05) is 13.2 Å². The van der Waals surface area contributed by atoms with Gasteiger partial charge in [0.05, 0.1) is 23.4 Å². The molecule has 7 heteroatoms. The van der Waals surface area contributed by atoms with Gasteiger partial charge in [0.25, 0.3) is 5.91 Å². The quantitative estimate of drug-likeness (QED) is 0.373. The Morgan fingerprint density at radius 2 is 1.84 bits per heavy atom. The summed E-state index contributed by atoms with van der Waals surface area (Å²) in [4.78, 5) is 29.9. The topological polar surface area (TPSA) is 69.9 Å². The summed E-state index contributed by atoms with van der Waals surface area (Å²) >= 11 is 1.40. The zero-order valence-corrected chi connectivity index (χ0v) is 19.3. The third-order valence-electron chi connectivity index (χ3n) is 4.77. The molecule has 0 aliphatic rings. The summed E-state index contributed by atoms with van der Waals surface area (Å²) in [5, 5.41) is 0. The van der Waals surface area contributed by atoms with Crippen LogP contribution < -0.4 is 9.54 Å². The maximum Gasteiger partial charge on any atom is 0.326 e. The summed E-state index contributed by atoms with van der Waals surface area (Å²) in [5.41, 5.74) is 3.51. The average Bonchev–Trinajstić information content (AvgIpc) is 3.06. The first-order chi connectivity index (χ1) is 14.9. The number of thiazole rings is 1. The van der Waals surface area contributed by atoms with E-state index in [1.807, 2.05) is 19.9 Å². The van der Waals surface area contributed by atoms with Gasteiger partial charge in [-0.1, -0.05) is 30.7 Å². The van der Waals surface area contributed by atoms with Crippen LogP contribution in [0.25, 0.3) is 10.2 Å². The molecule has 2 aromatic carbocycles. The molecule has 0 radical (unpaired) electrons. The molecule has 0 fully saturated rings. The predicted octanol–water partition coefficient (Wildman–Crippen LogP) is 4.80. The van der Waals surface area contributed by atoms with Crippen LogP contribution in [0.5, 0.6) is 5.75 Å². The minimum Gasteiger partial charge on any atom is -0.494 e. The fraction of sp³-hybridized carbons (Fsp3) is 0.375. The second kappa shape index (κ2) is 10.4. The molecule has 1 heterocycles. The van der Waals surface area contributed by atoms with Gasteiger partial charge in [0, 0.05) is 5.56 Å². The molecule has 0 aliphatic heterocycles. The average molecular weight is 441 g/mol. The van der Waals surface area contributed by atoms with Crippen molar-refractivity contribution in [1.29, 1.82) is 0 Å². The van der Waals surface area contributed by atoms with Crippen molar-refractivity contribution in [3.63, 3.8) is 0 Å². The van der Waals surface area contributed by atoms with Crippen LogP contribution in [0.4, 0.5) is 0 Å². The summed E-state index contributed by atoms with van der Waals surface area (Å²) in [6.45, 7) is 8.87. The van der Waals surface area contributed by atoms with E-state index in [1.165, 1.54) is 11.3 Å². The minimum atomic E-state index is -0.362. The number of fused-ring (bicyclic) bond motifs is 1. The summed E-state index contributed by atoms with van der Waals surface area (Å²) in [6.07, 6.45) is 2.05. The molecule has 0 N–H and O–H groups in total. The lowest BCUT2D eigenvalue weighted by atomic mass is 10.1. The Morgan fingerprint density at radius 3 is 2.52 bits per heavy atom. The minimum absolute atomic E-state index is 0.00700. The molecular weight excluding hydrogens is 412 g/mol. The first-order valence-electron chi connectivity index (χ1n) is 10.5. The van der Waals surface area contributed by atoms with Gasteiger partial charge in [-0.3, -0.25) is 9.59 Å². The van der Waals surface area contributed by atoms with Crippen molar-refractivity contribution in [2.45, 2.75) is 47.1 Å². The van der Waals surface area contributed by atoms with Gasteiger partial charge in [-0.25, -0.2) is 0 Å². The lowest BCUT2D eigenvalue weighted by molar-refractivity contribution is -0.143. The normalized spacial score (nSPS) is 11.7. The monoisotopic (exact) mass is 440 g/mol. The van der Waals surface area contributed by atoms with E-state index in [9.17, 15) is 9.59 Å². The van der Waals surface area contributed by atoms with Crippen LogP contribution in [-0.4, -0.2) is 29.7 Å². The van der Waals surface area contributed by atoms with Crippen LogP contribution in [0, 0.1) is 13.8 Å². The molecular formula is C24H28N2O4S. The van der Waals surface area contributed by atoms with E-state index in [1.54, 1.807) is 35.8 Å². The highest BCUT2D eigenvalue weighted by Crippen LogP contribution is 2.24. The zero-order chi connectivity index (χ0) is 22.4. The van der Waals surface area contributed by atoms with E-state index in [4.69, 9.17) is 9.47 Å². The smallest absolute Gasteiger partial charge is 0.326 e. The largest absolute Gasteiger partial charge is 0.494 e. The fourth-order valence-corrected chi connectivity index (χ4v) is 4.34. The van der Waals surface area contributed by atoms with Crippen LogP contribution in [0.3, 0.4) is 0 Å². The molecule has 1 amide bonds. The SMILES string of the molecule is CCCCOc1ccc(C(=O)N=c2sc3c(C)cc(C)cc3n2CC(=O)OCC)cc1. The van der Waals surface area contributed by atoms with Gasteiger partial charge >= 0.3 is 5.97 Å². The lowest BCUT2D eigenvalue weighted by Crippen LogP contribution is -2.23. The second-order valence-electron chi connectivity index (χ2n) is 7.35. The number of aromatic nitrogens is 1. The number of hydrogen-bond donors (Lipinski definition) is 0. The van der Waals surface area contributed by atoms with E-state index < -0.39 is 0 Å². The van der Waals surface area contributed by atoms with E-state index in [2.05, 4.69) is 18.0 Å². The van der Waals surface area contributed by atoms with Gasteiger partial charge in [0.1, 0.15) is 12.3 Å². The molecule has 1 aromatic heterocycles. The summed E-state index contributed by atoms with van der Waals surface area (Å²) < 4.78 is 13.5. The maximum absolute atomic E-state index is 12.8. The number of nitrogens with zero attached hydrogens (tertiary/aromatic N) is 2. The van der Waals surface area contributed by atoms with E-state index in [0.717, 1.165) is 39.9 Å². The molecule has 0 spiro atoms. The molecule has 0 saturated heterocycles. The molecule has 3 aromatic rings. The summed E-state index contributed by atoms with van der Waals surface area (Å²) in [7, 11) is 0. The summed E-state index contributed by atoms with van der Waals surface area (Å²) in [5.74, 6) is 0.0119. The maximum atomic E-state index is 12.8. The standard InChI is InChI=1S/C24H28N2O4S/c1-5-7-12-30-19-10-8-18(9-11-19)23(28)25-24-26(15-21(27)29-6-2)20-14-16(3)13-17(4)22(20)31-24/h8-11,13-14H,5-7,12,15H2,1-4H3. The Morgan fingerprint density at radius 1 is 1.10 bits per heavy atom. The van der Waals surface area contributed by atoms with Gasteiger partial charge in [-0.2, -0.15) is 4.99 Å². The number of carbonyl (C=O) groups excluding carboxylic acids is 2. The van der Waals surface area contributed by atoms with E-state index in [0.29, 0.717) is 23.6 Å². The Labute approximate surface area is 186 Å². The van der Waals surface area contributed by atoms with Gasteiger partial charge < -0.3 is 14.0 Å². The molecule has 31 heavy (non-hydrogen) atoms. The van der Waals surface area contributed by atoms with E-state index in [-0.39, 0.29) is 18.4 Å². The van der Waals surface area contributed by atoms with Crippen LogP contribution in [0.1, 0.15) is 48.2 Å². The molecule has 164 valence electrons. The molecule has 0 saturated carbocycles. The highest BCUT2D eigenvalue weighted by atomic mass is 32.1. The Kier molecular flexibility index (Phi) is 7.63. The molecule has 0 atom stereocenters.